The summed E-state index contributed by atoms with van der Waals surface area (Å²) in [5, 5.41) is 14.5. The molecule has 1 saturated carbocycles. The maximum absolute atomic E-state index is 12.0. The molecule has 2 aliphatic rings. The maximum Gasteiger partial charge on any atom is 0.350 e. The highest BCUT2D eigenvalue weighted by Gasteiger charge is 2.39. The number of anilines is 1. The number of cyclic esters (lactones) is 2. The van der Waals surface area contributed by atoms with Crippen LogP contribution < -0.4 is 5.32 Å². The van der Waals surface area contributed by atoms with Crippen LogP contribution in [0.1, 0.15) is 46.0 Å². The Balaban J connectivity index is 1.79. The summed E-state index contributed by atoms with van der Waals surface area (Å²) in [5.74, 6) is -2.94. The molecule has 150 valence electrons. The Hall–Kier alpha value is -2.55. The van der Waals surface area contributed by atoms with Gasteiger partial charge in [-0.25, -0.2) is 9.59 Å². The first-order chi connectivity index (χ1) is 13.2. The number of thioether (sulfide) groups is 1. The predicted octanol–water partition coefficient (Wildman–Crippen LogP) is 4.15. The van der Waals surface area contributed by atoms with E-state index in [-0.39, 0.29) is 11.3 Å². The highest BCUT2D eigenvalue weighted by molar-refractivity contribution is 8.00. The minimum Gasteiger partial charge on any atom is -0.419 e. The number of hydrogen-bond acceptors (Lipinski definition) is 8. The maximum atomic E-state index is 12.0. The zero-order valence-electron chi connectivity index (χ0n) is 15.7. The molecule has 0 spiro atoms. The van der Waals surface area contributed by atoms with Crippen molar-refractivity contribution in [2.24, 2.45) is 0 Å². The van der Waals surface area contributed by atoms with Crippen molar-refractivity contribution in [3.8, 4) is 0 Å². The molecule has 0 radical (unpaired) electrons. The third-order valence-electron chi connectivity index (χ3n) is 4.46. The quantitative estimate of drug-likeness (QED) is 0.255. The molecule has 1 aliphatic carbocycles. The second kappa shape index (κ2) is 8.22. The molecule has 3 rings (SSSR count). The molecule has 28 heavy (non-hydrogen) atoms. The number of ether oxygens (including phenoxy) is 2. The van der Waals surface area contributed by atoms with Gasteiger partial charge in [-0.2, -0.15) is 0 Å². The number of carbonyl (C=O) groups excluding carboxylic acids is 2. The van der Waals surface area contributed by atoms with E-state index in [0.717, 1.165) is 23.9 Å². The van der Waals surface area contributed by atoms with Crippen molar-refractivity contribution in [3.05, 3.63) is 40.1 Å². The van der Waals surface area contributed by atoms with E-state index in [1.165, 1.54) is 39.2 Å². The number of nitro groups is 1. The Kier molecular flexibility index (Phi) is 5.93. The van der Waals surface area contributed by atoms with Gasteiger partial charge in [0.1, 0.15) is 0 Å². The number of nitrogens with zero attached hydrogens (tertiary/aromatic N) is 1. The number of rotatable bonds is 5. The first-order valence-electron chi connectivity index (χ1n) is 9.13. The molecule has 1 saturated heterocycles. The van der Waals surface area contributed by atoms with Crippen LogP contribution >= 0.6 is 11.8 Å². The normalized spacial score (nSPS) is 19.6. The number of carbonyl (C=O) groups is 2. The smallest absolute Gasteiger partial charge is 0.350 e. The fourth-order valence-electron chi connectivity index (χ4n) is 3.15. The summed E-state index contributed by atoms with van der Waals surface area (Å²) >= 11 is 1.62. The minimum absolute atomic E-state index is 0.0587. The summed E-state index contributed by atoms with van der Waals surface area (Å²) in [6.07, 6.45) is 6.92. The Morgan fingerprint density at radius 1 is 1.14 bits per heavy atom. The van der Waals surface area contributed by atoms with Crippen LogP contribution in [0.15, 0.2) is 34.9 Å². The van der Waals surface area contributed by atoms with Crippen molar-refractivity contribution in [2.45, 2.75) is 61.9 Å². The van der Waals surface area contributed by atoms with Crippen LogP contribution in [-0.4, -0.2) is 27.9 Å². The van der Waals surface area contributed by atoms with Crippen molar-refractivity contribution in [1.82, 2.24) is 0 Å². The van der Waals surface area contributed by atoms with Gasteiger partial charge >= 0.3 is 11.9 Å². The first kappa shape index (κ1) is 20.2. The van der Waals surface area contributed by atoms with Gasteiger partial charge in [0.2, 0.25) is 0 Å². The van der Waals surface area contributed by atoms with E-state index in [4.69, 9.17) is 9.47 Å². The van der Waals surface area contributed by atoms with Crippen LogP contribution in [0.2, 0.25) is 0 Å². The van der Waals surface area contributed by atoms with Gasteiger partial charge in [0.25, 0.3) is 11.5 Å². The highest BCUT2D eigenvalue weighted by atomic mass is 32.2. The molecule has 0 amide bonds. The summed E-state index contributed by atoms with van der Waals surface area (Å²) < 4.78 is 10.1. The van der Waals surface area contributed by atoms with Gasteiger partial charge in [-0.1, -0.05) is 19.3 Å². The molecule has 0 bridgehead atoms. The van der Waals surface area contributed by atoms with E-state index in [0.29, 0.717) is 10.9 Å². The molecule has 2 fully saturated rings. The van der Waals surface area contributed by atoms with Gasteiger partial charge in [0.15, 0.2) is 5.57 Å². The van der Waals surface area contributed by atoms with Gasteiger partial charge in [-0.3, -0.25) is 10.1 Å². The lowest BCUT2D eigenvalue weighted by Crippen LogP contribution is -2.42. The van der Waals surface area contributed by atoms with E-state index < -0.39 is 22.6 Å². The molecule has 1 aromatic carbocycles. The topological polar surface area (TPSA) is 108 Å². The molecule has 1 heterocycles. The molecule has 9 heteroatoms. The average Bonchev–Trinajstić information content (AvgIpc) is 2.60. The standard InChI is InChI=1S/C19H22N2O6S/c1-19(2)26-17(22)16(18(23)27-19)11-20-12-8-13(21(24)25)10-15(9-12)28-14-6-4-3-5-7-14/h8-11,14,20H,3-7H2,1-2H3. The first-order valence-corrected chi connectivity index (χ1v) is 10.0. The van der Waals surface area contributed by atoms with Gasteiger partial charge in [0.05, 0.1) is 4.92 Å². The zero-order chi connectivity index (χ0) is 20.3. The molecule has 1 aromatic rings. The third-order valence-corrected chi connectivity index (χ3v) is 5.77. The van der Waals surface area contributed by atoms with E-state index >= 15 is 0 Å². The van der Waals surface area contributed by atoms with Crippen molar-refractivity contribution < 1.29 is 24.0 Å². The van der Waals surface area contributed by atoms with E-state index in [1.807, 2.05) is 0 Å². The number of esters is 2. The Morgan fingerprint density at radius 2 is 1.79 bits per heavy atom. The number of hydrogen-bond donors (Lipinski definition) is 1. The molecule has 0 unspecified atom stereocenters. The molecule has 1 aliphatic heterocycles. The van der Waals surface area contributed by atoms with Crippen LogP contribution in [-0.2, 0) is 19.1 Å². The fourth-order valence-corrected chi connectivity index (χ4v) is 4.49. The second-order valence-electron chi connectivity index (χ2n) is 7.23. The monoisotopic (exact) mass is 406 g/mol. The van der Waals surface area contributed by atoms with Crippen molar-refractivity contribution >= 4 is 35.1 Å². The van der Waals surface area contributed by atoms with Crippen molar-refractivity contribution in [1.29, 1.82) is 0 Å². The third kappa shape index (κ3) is 5.03. The van der Waals surface area contributed by atoms with Gasteiger partial charge in [-0.05, 0) is 18.9 Å². The van der Waals surface area contributed by atoms with Crippen molar-refractivity contribution in [2.75, 3.05) is 5.32 Å². The summed E-state index contributed by atoms with van der Waals surface area (Å²) in [4.78, 5) is 35.6. The zero-order valence-corrected chi connectivity index (χ0v) is 16.5. The summed E-state index contributed by atoms with van der Waals surface area (Å²) in [6.45, 7) is 2.92. The Morgan fingerprint density at radius 3 is 2.39 bits per heavy atom. The van der Waals surface area contributed by atoms with Crippen LogP contribution in [0.5, 0.6) is 0 Å². The lowest BCUT2D eigenvalue weighted by Gasteiger charge is -2.29. The van der Waals surface area contributed by atoms with Gasteiger partial charge in [0, 0.05) is 48.0 Å². The van der Waals surface area contributed by atoms with E-state index in [9.17, 15) is 19.7 Å². The Labute approximate surface area is 166 Å². The summed E-state index contributed by atoms with van der Waals surface area (Å²) in [6, 6.07) is 4.67. The van der Waals surface area contributed by atoms with Crippen LogP contribution in [0.25, 0.3) is 0 Å². The molecule has 1 N–H and O–H groups in total. The highest BCUT2D eigenvalue weighted by Crippen LogP contribution is 2.36. The van der Waals surface area contributed by atoms with Crippen LogP contribution in [0.3, 0.4) is 0 Å². The van der Waals surface area contributed by atoms with Gasteiger partial charge < -0.3 is 14.8 Å². The molecular weight excluding hydrogens is 384 g/mol. The number of non-ortho nitro benzene ring substituents is 1. The fraction of sp³-hybridized carbons (Fsp3) is 0.474. The van der Waals surface area contributed by atoms with E-state index in [2.05, 4.69) is 5.32 Å². The molecule has 8 nitrogen and oxygen atoms in total. The largest absolute Gasteiger partial charge is 0.419 e. The lowest BCUT2D eigenvalue weighted by atomic mass is 10.0. The minimum atomic E-state index is -1.32. The average molecular weight is 406 g/mol. The van der Waals surface area contributed by atoms with E-state index in [1.54, 1.807) is 23.9 Å². The predicted molar refractivity (Wildman–Crippen MR) is 104 cm³/mol. The van der Waals surface area contributed by atoms with Gasteiger partial charge in [-0.15, -0.1) is 11.8 Å². The molecular formula is C19H22N2O6S. The summed E-state index contributed by atoms with van der Waals surface area (Å²) in [5.41, 5.74) is 0.0504. The number of nitrogens with one attached hydrogen (secondary N) is 1. The molecule has 0 atom stereocenters. The Bertz CT molecular complexity index is 808. The van der Waals surface area contributed by atoms with Crippen molar-refractivity contribution in [3.63, 3.8) is 0 Å². The lowest BCUT2D eigenvalue weighted by molar-refractivity contribution is -0.385. The number of nitro benzene ring substituents is 1. The molecule has 0 aromatic heterocycles. The SMILES string of the molecule is CC1(C)OC(=O)C(=CNc2cc(SC3CCCCC3)cc([N+](=O)[O-])c2)C(=O)O1. The summed E-state index contributed by atoms with van der Waals surface area (Å²) in [7, 11) is 0. The second-order valence-corrected chi connectivity index (χ2v) is 8.61. The number of benzene rings is 1. The van der Waals surface area contributed by atoms with Crippen LogP contribution in [0, 0.1) is 10.1 Å². The van der Waals surface area contributed by atoms with Crippen LogP contribution in [0.4, 0.5) is 11.4 Å².